The minimum Gasteiger partial charge on any atom is -0.491 e. The number of nitrogens with one attached hydrogen (secondary N) is 1. The molecule has 0 saturated heterocycles. The van der Waals surface area contributed by atoms with Gasteiger partial charge in [0, 0.05) is 23.2 Å². The number of ether oxygens (including phenoxy) is 1. The monoisotopic (exact) mass is 375 g/mol. The lowest BCUT2D eigenvalue weighted by atomic mass is 10.1. The quantitative estimate of drug-likeness (QED) is 0.675. The Balaban J connectivity index is 1.99. The van der Waals surface area contributed by atoms with Gasteiger partial charge in [-0.05, 0) is 44.2 Å². The van der Waals surface area contributed by atoms with Crippen LogP contribution >= 0.6 is 11.6 Å². The first-order chi connectivity index (χ1) is 12.3. The Hall–Kier alpha value is -2.86. The number of carbonyl (C=O) groups excluding carboxylic acids is 1. The van der Waals surface area contributed by atoms with E-state index in [1.54, 1.807) is 18.2 Å². The van der Waals surface area contributed by atoms with Crippen LogP contribution in [-0.2, 0) is 0 Å². The van der Waals surface area contributed by atoms with Crippen molar-refractivity contribution in [1.29, 1.82) is 0 Å². The smallest absolute Gasteiger partial charge is 0.337 e. The molecule has 0 aliphatic heterocycles. The summed E-state index contributed by atoms with van der Waals surface area (Å²) in [6, 6.07) is 9.80. The van der Waals surface area contributed by atoms with Crippen LogP contribution < -0.4 is 15.7 Å². The fourth-order valence-corrected chi connectivity index (χ4v) is 2.63. The number of halogens is 2. The van der Waals surface area contributed by atoms with E-state index in [-0.39, 0.29) is 22.3 Å². The molecule has 1 heterocycles. The number of benzene rings is 2. The van der Waals surface area contributed by atoms with Crippen LogP contribution in [-0.4, -0.2) is 12.0 Å². The van der Waals surface area contributed by atoms with Gasteiger partial charge >= 0.3 is 5.63 Å². The van der Waals surface area contributed by atoms with Gasteiger partial charge in [-0.25, -0.2) is 9.18 Å². The van der Waals surface area contributed by atoms with Crippen LogP contribution in [0.4, 0.5) is 10.1 Å². The summed E-state index contributed by atoms with van der Waals surface area (Å²) in [5.41, 5.74) is 0.00905. The average molecular weight is 376 g/mol. The van der Waals surface area contributed by atoms with Crippen LogP contribution in [0.25, 0.3) is 11.0 Å². The molecule has 3 aromatic rings. The van der Waals surface area contributed by atoms with Crippen molar-refractivity contribution < 1.29 is 18.3 Å². The molecule has 0 bridgehead atoms. The van der Waals surface area contributed by atoms with Crippen molar-refractivity contribution in [2.75, 3.05) is 5.32 Å². The third-order valence-corrected chi connectivity index (χ3v) is 3.80. The van der Waals surface area contributed by atoms with Gasteiger partial charge in [0.15, 0.2) is 0 Å². The molecule has 1 amide bonds. The van der Waals surface area contributed by atoms with Crippen molar-refractivity contribution in [3.63, 3.8) is 0 Å². The second-order valence-electron chi connectivity index (χ2n) is 5.89. The number of fused-ring (bicyclic) bond motifs is 1. The van der Waals surface area contributed by atoms with Crippen LogP contribution in [0, 0.1) is 5.82 Å². The summed E-state index contributed by atoms with van der Waals surface area (Å²) in [5, 5.41) is 2.93. The normalized spacial score (nSPS) is 11.0. The van der Waals surface area contributed by atoms with Gasteiger partial charge in [-0.2, -0.15) is 0 Å². The van der Waals surface area contributed by atoms with Crippen molar-refractivity contribution in [1.82, 2.24) is 0 Å². The lowest BCUT2D eigenvalue weighted by Gasteiger charge is -2.11. The summed E-state index contributed by atoms with van der Waals surface area (Å²) < 4.78 is 24.0. The summed E-state index contributed by atoms with van der Waals surface area (Å²) in [6.45, 7) is 3.75. The summed E-state index contributed by atoms with van der Waals surface area (Å²) in [7, 11) is 0. The van der Waals surface area contributed by atoms with E-state index < -0.39 is 17.3 Å². The molecular weight excluding hydrogens is 361 g/mol. The van der Waals surface area contributed by atoms with Gasteiger partial charge in [0.25, 0.3) is 5.91 Å². The van der Waals surface area contributed by atoms with E-state index in [1.807, 2.05) is 13.8 Å². The molecular formula is C19H15ClFNO4. The number of hydrogen-bond donors (Lipinski definition) is 1. The maximum absolute atomic E-state index is 13.2. The van der Waals surface area contributed by atoms with Crippen molar-refractivity contribution in [3.8, 4) is 5.75 Å². The molecule has 1 N–H and O–H groups in total. The molecule has 0 radical (unpaired) electrons. The van der Waals surface area contributed by atoms with Gasteiger partial charge in [0.1, 0.15) is 17.1 Å². The number of anilines is 1. The van der Waals surface area contributed by atoms with E-state index in [0.29, 0.717) is 16.8 Å². The van der Waals surface area contributed by atoms with E-state index in [1.165, 1.54) is 12.1 Å². The Morgan fingerprint density at radius 2 is 1.96 bits per heavy atom. The highest BCUT2D eigenvalue weighted by atomic mass is 35.5. The molecule has 0 atom stereocenters. The zero-order valence-electron chi connectivity index (χ0n) is 14.0. The van der Waals surface area contributed by atoms with Gasteiger partial charge in [0.2, 0.25) is 0 Å². The lowest BCUT2D eigenvalue weighted by molar-refractivity contribution is 0.102. The average Bonchev–Trinajstić information content (AvgIpc) is 2.56. The Labute approximate surface area is 153 Å². The maximum Gasteiger partial charge on any atom is 0.337 e. The van der Waals surface area contributed by atoms with Gasteiger partial charge in [-0.3, -0.25) is 4.79 Å². The number of rotatable bonds is 4. The molecule has 5 nitrogen and oxygen atoms in total. The van der Waals surface area contributed by atoms with E-state index in [2.05, 4.69) is 5.32 Å². The first-order valence-electron chi connectivity index (χ1n) is 7.84. The highest BCUT2D eigenvalue weighted by molar-refractivity contribution is 6.31. The van der Waals surface area contributed by atoms with E-state index in [9.17, 15) is 14.0 Å². The van der Waals surface area contributed by atoms with E-state index >= 15 is 0 Å². The van der Waals surface area contributed by atoms with Crippen LogP contribution in [0.2, 0.25) is 5.02 Å². The van der Waals surface area contributed by atoms with Crippen LogP contribution in [0.15, 0.2) is 51.7 Å². The Morgan fingerprint density at radius 3 is 2.65 bits per heavy atom. The number of amides is 1. The highest BCUT2D eigenvalue weighted by Crippen LogP contribution is 2.25. The minimum absolute atomic E-state index is 0.0473. The molecule has 0 unspecified atom stereocenters. The second-order valence-corrected chi connectivity index (χ2v) is 6.29. The van der Waals surface area contributed by atoms with Gasteiger partial charge in [0.05, 0.1) is 16.7 Å². The van der Waals surface area contributed by atoms with Crippen LogP contribution in [0.1, 0.15) is 24.2 Å². The Kier molecular flexibility index (Phi) is 4.95. The molecule has 0 saturated carbocycles. The predicted molar refractivity (Wildman–Crippen MR) is 97.6 cm³/mol. The fourth-order valence-electron chi connectivity index (χ4n) is 2.45. The maximum atomic E-state index is 13.2. The fraction of sp³-hybridized carbons (Fsp3) is 0.158. The Morgan fingerprint density at radius 1 is 1.19 bits per heavy atom. The van der Waals surface area contributed by atoms with Gasteiger partial charge in [-0.1, -0.05) is 11.6 Å². The molecule has 26 heavy (non-hydrogen) atoms. The van der Waals surface area contributed by atoms with Crippen LogP contribution in [0.5, 0.6) is 5.75 Å². The van der Waals surface area contributed by atoms with Crippen molar-refractivity contribution in [2.45, 2.75) is 20.0 Å². The zero-order chi connectivity index (χ0) is 18.8. The highest BCUT2D eigenvalue weighted by Gasteiger charge is 2.15. The molecule has 0 fully saturated rings. The van der Waals surface area contributed by atoms with E-state index in [0.717, 1.165) is 12.1 Å². The summed E-state index contributed by atoms with van der Waals surface area (Å²) in [6.07, 6.45) is -0.0473. The third-order valence-electron chi connectivity index (χ3n) is 3.51. The lowest BCUT2D eigenvalue weighted by Crippen LogP contribution is -2.15. The second kappa shape index (κ2) is 7.17. The first-order valence-corrected chi connectivity index (χ1v) is 8.22. The summed E-state index contributed by atoms with van der Waals surface area (Å²) >= 11 is 5.72. The number of hydrogen-bond acceptors (Lipinski definition) is 4. The summed E-state index contributed by atoms with van der Waals surface area (Å²) in [5.74, 6) is -0.602. The van der Waals surface area contributed by atoms with Gasteiger partial charge < -0.3 is 14.5 Å². The SMILES string of the molecule is CC(C)Oc1ccc2c(C(=O)Nc3ccc(F)c(Cl)c3)cc(=O)oc2c1. The molecule has 0 aliphatic carbocycles. The first kappa shape index (κ1) is 17.9. The summed E-state index contributed by atoms with van der Waals surface area (Å²) in [4.78, 5) is 24.4. The molecule has 134 valence electrons. The number of carbonyl (C=O) groups is 1. The standard InChI is InChI=1S/C19H15ClFNO4/c1-10(2)25-12-4-5-13-14(9-18(23)26-17(13)8-12)19(24)22-11-3-6-16(21)15(20)7-11/h3-10H,1-2H3,(H,22,24). The van der Waals surface area contributed by atoms with E-state index in [4.69, 9.17) is 20.8 Å². The molecule has 2 aromatic carbocycles. The third kappa shape index (κ3) is 3.86. The van der Waals surface area contributed by atoms with Crippen LogP contribution in [0.3, 0.4) is 0 Å². The van der Waals surface area contributed by atoms with Crippen molar-refractivity contribution in [3.05, 3.63) is 69.3 Å². The molecule has 1 aromatic heterocycles. The van der Waals surface area contributed by atoms with Gasteiger partial charge in [-0.15, -0.1) is 0 Å². The molecule has 0 aliphatic rings. The Bertz CT molecular complexity index is 1050. The predicted octanol–water partition coefficient (Wildman–Crippen LogP) is 4.63. The topological polar surface area (TPSA) is 68.5 Å². The van der Waals surface area contributed by atoms with Crippen molar-refractivity contribution >= 4 is 34.2 Å². The largest absolute Gasteiger partial charge is 0.491 e. The molecule has 7 heteroatoms. The minimum atomic E-state index is -0.665. The molecule has 3 rings (SSSR count). The van der Waals surface area contributed by atoms with Crippen molar-refractivity contribution in [2.24, 2.45) is 0 Å². The molecule has 0 spiro atoms. The zero-order valence-corrected chi connectivity index (χ0v) is 14.8.